The van der Waals surface area contributed by atoms with Crippen molar-refractivity contribution in [2.75, 3.05) is 19.8 Å². The molecular formula is C6H12O4. The second-order valence-corrected chi connectivity index (χ2v) is 2.05. The van der Waals surface area contributed by atoms with Crippen molar-refractivity contribution in [1.82, 2.24) is 0 Å². The molecule has 0 saturated heterocycles. The Morgan fingerprint density at radius 2 is 2.30 bits per heavy atom. The minimum Gasteiger partial charge on any atom is -0.394 e. The van der Waals surface area contributed by atoms with Crippen LogP contribution in [0.3, 0.4) is 0 Å². The van der Waals surface area contributed by atoms with Crippen LogP contribution in [0.4, 0.5) is 0 Å². The standard InChI is InChI=1S/C6H12O4/c1-5(8)3-10-4-6(9)2-7/h6-7,9H,2-4H2,1H3/t6-/m0/s1. The van der Waals surface area contributed by atoms with Crippen LogP contribution < -0.4 is 0 Å². The molecule has 0 spiro atoms. The van der Waals surface area contributed by atoms with Gasteiger partial charge in [0.1, 0.15) is 12.7 Å². The zero-order chi connectivity index (χ0) is 7.98. The molecule has 0 aromatic rings. The van der Waals surface area contributed by atoms with Crippen LogP contribution >= 0.6 is 0 Å². The first-order chi connectivity index (χ1) is 4.66. The first-order valence-electron chi connectivity index (χ1n) is 3.03. The van der Waals surface area contributed by atoms with Crippen LogP contribution in [0.15, 0.2) is 0 Å². The van der Waals surface area contributed by atoms with Crippen LogP contribution in [0.5, 0.6) is 0 Å². The van der Waals surface area contributed by atoms with Crippen molar-refractivity contribution in [1.29, 1.82) is 0 Å². The van der Waals surface area contributed by atoms with E-state index in [-0.39, 0.29) is 25.6 Å². The van der Waals surface area contributed by atoms with E-state index in [1.807, 2.05) is 0 Å². The van der Waals surface area contributed by atoms with Gasteiger partial charge in [0.05, 0.1) is 13.2 Å². The molecule has 0 aromatic carbocycles. The Kier molecular flexibility index (Phi) is 5.10. The van der Waals surface area contributed by atoms with Crippen molar-refractivity contribution in [3.05, 3.63) is 0 Å². The summed E-state index contributed by atoms with van der Waals surface area (Å²) in [5.74, 6) is -0.0925. The van der Waals surface area contributed by atoms with Gasteiger partial charge in [0.25, 0.3) is 0 Å². The molecule has 0 aromatic heterocycles. The fourth-order valence-corrected chi connectivity index (χ4v) is 0.391. The number of hydrogen-bond acceptors (Lipinski definition) is 4. The summed E-state index contributed by atoms with van der Waals surface area (Å²) in [5.41, 5.74) is 0. The molecule has 0 bridgehead atoms. The van der Waals surface area contributed by atoms with Crippen LogP contribution in [0.1, 0.15) is 6.92 Å². The van der Waals surface area contributed by atoms with Crippen molar-refractivity contribution in [2.24, 2.45) is 0 Å². The third-order valence-electron chi connectivity index (χ3n) is 0.826. The van der Waals surface area contributed by atoms with Gasteiger partial charge >= 0.3 is 0 Å². The highest BCUT2D eigenvalue weighted by molar-refractivity contribution is 5.76. The molecule has 4 heteroatoms. The molecule has 0 amide bonds. The van der Waals surface area contributed by atoms with Crippen LogP contribution in [0.25, 0.3) is 0 Å². The predicted molar refractivity (Wildman–Crippen MR) is 34.6 cm³/mol. The summed E-state index contributed by atoms with van der Waals surface area (Å²) in [6, 6.07) is 0. The highest BCUT2D eigenvalue weighted by Crippen LogP contribution is 1.83. The first kappa shape index (κ1) is 9.55. The van der Waals surface area contributed by atoms with Crippen molar-refractivity contribution >= 4 is 5.78 Å². The van der Waals surface area contributed by atoms with Gasteiger partial charge in [-0.15, -0.1) is 0 Å². The number of ether oxygens (including phenoxy) is 1. The summed E-state index contributed by atoms with van der Waals surface area (Å²) >= 11 is 0. The summed E-state index contributed by atoms with van der Waals surface area (Å²) in [5, 5.41) is 17.0. The Balaban J connectivity index is 3.11. The van der Waals surface area contributed by atoms with E-state index in [4.69, 9.17) is 10.2 Å². The average molecular weight is 148 g/mol. The second-order valence-electron chi connectivity index (χ2n) is 2.05. The lowest BCUT2D eigenvalue weighted by Gasteiger charge is -2.05. The zero-order valence-corrected chi connectivity index (χ0v) is 5.91. The predicted octanol–water partition coefficient (Wildman–Crippen LogP) is -1.05. The van der Waals surface area contributed by atoms with E-state index in [0.717, 1.165) is 0 Å². The van der Waals surface area contributed by atoms with Crippen LogP contribution in [-0.2, 0) is 9.53 Å². The first-order valence-corrected chi connectivity index (χ1v) is 3.03. The fraction of sp³-hybridized carbons (Fsp3) is 0.833. The topological polar surface area (TPSA) is 66.8 Å². The Bertz CT molecular complexity index is 102. The minimum absolute atomic E-state index is 0.00292. The molecule has 60 valence electrons. The maximum absolute atomic E-state index is 10.2. The highest BCUT2D eigenvalue weighted by Gasteiger charge is 2.01. The third-order valence-corrected chi connectivity index (χ3v) is 0.826. The number of rotatable bonds is 5. The lowest BCUT2D eigenvalue weighted by Crippen LogP contribution is -2.21. The molecule has 2 N–H and O–H groups in total. The maximum atomic E-state index is 10.2. The van der Waals surface area contributed by atoms with E-state index in [1.54, 1.807) is 0 Å². The van der Waals surface area contributed by atoms with E-state index in [2.05, 4.69) is 4.74 Å². The molecule has 0 unspecified atom stereocenters. The number of hydrogen-bond donors (Lipinski definition) is 2. The maximum Gasteiger partial charge on any atom is 0.155 e. The number of aliphatic hydroxyl groups is 2. The second kappa shape index (κ2) is 5.34. The van der Waals surface area contributed by atoms with Crippen molar-refractivity contribution < 1.29 is 19.7 Å². The summed E-state index contributed by atoms with van der Waals surface area (Å²) in [6.45, 7) is 1.07. The Morgan fingerprint density at radius 3 is 2.70 bits per heavy atom. The van der Waals surface area contributed by atoms with Crippen molar-refractivity contribution in [2.45, 2.75) is 13.0 Å². The highest BCUT2D eigenvalue weighted by atomic mass is 16.5. The van der Waals surface area contributed by atoms with Gasteiger partial charge in [0.15, 0.2) is 5.78 Å². The number of Topliss-reactive ketones (excluding diaryl/α,β-unsaturated/α-hetero) is 1. The molecule has 4 nitrogen and oxygen atoms in total. The van der Waals surface area contributed by atoms with Gasteiger partial charge in [0, 0.05) is 0 Å². The summed E-state index contributed by atoms with van der Waals surface area (Å²) in [4.78, 5) is 10.2. The normalized spacial score (nSPS) is 13.1. The van der Waals surface area contributed by atoms with E-state index >= 15 is 0 Å². The lowest BCUT2D eigenvalue weighted by molar-refractivity contribution is -0.122. The SMILES string of the molecule is CC(=O)COC[C@@H](O)CO. The molecule has 0 aliphatic heterocycles. The third kappa shape index (κ3) is 5.68. The van der Waals surface area contributed by atoms with Crippen molar-refractivity contribution in [3.63, 3.8) is 0 Å². The molecule has 0 saturated carbocycles. The minimum atomic E-state index is -0.876. The molecule has 0 aliphatic carbocycles. The molecule has 0 heterocycles. The van der Waals surface area contributed by atoms with Crippen molar-refractivity contribution in [3.8, 4) is 0 Å². The summed E-state index contributed by atoms with van der Waals surface area (Å²) in [7, 11) is 0. The van der Waals surface area contributed by atoms with Crippen LogP contribution in [0, 0.1) is 0 Å². The monoisotopic (exact) mass is 148 g/mol. The number of aliphatic hydroxyl groups excluding tert-OH is 2. The summed E-state index contributed by atoms with van der Waals surface area (Å²) in [6.07, 6.45) is -0.876. The quantitative estimate of drug-likeness (QED) is 0.522. The molecule has 0 fully saturated rings. The summed E-state index contributed by atoms with van der Waals surface area (Å²) < 4.78 is 4.69. The van der Waals surface area contributed by atoms with Gasteiger partial charge in [0.2, 0.25) is 0 Å². The van der Waals surface area contributed by atoms with Gasteiger partial charge < -0.3 is 14.9 Å². The number of carbonyl (C=O) groups excluding carboxylic acids is 1. The Morgan fingerprint density at radius 1 is 1.70 bits per heavy atom. The molecule has 10 heavy (non-hydrogen) atoms. The van der Waals surface area contributed by atoms with Crippen LogP contribution in [-0.4, -0.2) is 41.9 Å². The van der Waals surface area contributed by atoms with Gasteiger partial charge in [-0.05, 0) is 6.92 Å². The fourth-order valence-electron chi connectivity index (χ4n) is 0.391. The lowest BCUT2D eigenvalue weighted by atomic mass is 10.4. The zero-order valence-electron chi connectivity index (χ0n) is 5.91. The van der Waals surface area contributed by atoms with Gasteiger partial charge in [-0.2, -0.15) is 0 Å². The van der Waals surface area contributed by atoms with Gasteiger partial charge in [-0.3, -0.25) is 4.79 Å². The van der Waals surface area contributed by atoms with E-state index in [1.165, 1.54) is 6.92 Å². The van der Waals surface area contributed by atoms with Gasteiger partial charge in [-0.25, -0.2) is 0 Å². The Hall–Kier alpha value is -0.450. The van der Waals surface area contributed by atoms with E-state index < -0.39 is 6.10 Å². The van der Waals surface area contributed by atoms with Gasteiger partial charge in [-0.1, -0.05) is 0 Å². The average Bonchev–Trinajstić information content (AvgIpc) is 1.87. The molecule has 1 atom stereocenters. The Labute approximate surface area is 59.4 Å². The molecule has 0 radical (unpaired) electrons. The van der Waals surface area contributed by atoms with E-state index in [9.17, 15) is 4.79 Å². The smallest absolute Gasteiger partial charge is 0.155 e. The molecule has 0 rings (SSSR count). The molecular weight excluding hydrogens is 136 g/mol. The van der Waals surface area contributed by atoms with Crippen LogP contribution in [0.2, 0.25) is 0 Å². The number of ketones is 1. The van der Waals surface area contributed by atoms with E-state index in [0.29, 0.717) is 0 Å². The molecule has 0 aliphatic rings. The number of carbonyl (C=O) groups is 1. The largest absolute Gasteiger partial charge is 0.394 e.